The van der Waals surface area contributed by atoms with Crippen molar-refractivity contribution >= 4 is 0 Å². The van der Waals surface area contributed by atoms with Gasteiger partial charge in [-0.05, 0) is 35.1 Å². The molecule has 2 aromatic rings. The molecule has 2 bridgehead atoms. The summed E-state index contributed by atoms with van der Waals surface area (Å²) in [6.07, 6.45) is 7.01. The summed E-state index contributed by atoms with van der Waals surface area (Å²) in [6, 6.07) is 18.0. The summed E-state index contributed by atoms with van der Waals surface area (Å²) in [7, 11) is 0. The zero-order chi connectivity index (χ0) is 11.9. The maximum atomic E-state index is 2.36. The molecule has 0 fully saturated rings. The Morgan fingerprint density at radius 2 is 0.889 bits per heavy atom. The SMILES string of the molecule is C1=CCC2c3ccccc3C(C1)c1ccccc12. The lowest BCUT2D eigenvalue weighted by Gasteiger charge is -2.35. The lowest BCUT2D eigenvalue weighted by molar-refractivity contribution is 0.682. The Balaban J connectivity index is 2.03. The fraction of sp³-hybridized carbons (Fsp3) is 0.222. The molecule has 0 atom stereocenters. The van der Waals surface area contributed by atoms with Crippen LogP contribution in [-0.4, -0.2) is 0 Å². The fourth-order valence-electron chi connectivity index (χ4n) is 3.60. The number of benzene rings is 2. The van der Waals surface area contributed by atoms with Crippen molar-refractivity contribution in [3.63, 3.8) is 0 Å². The van der Waals surface area contributed by atoms with E-state index in [9.17, 15) is 0 Å². The van der Waals surface area contributed by atoms with Gasteiger partial charge in [-0.2, -0.15) is 0 Å². The zero-order valence-electron chi connectivity index (χ0n) is 10.3. The Morgan fingerprint density at radius 3 is 1.22 bits per heavy atom. The molecule has 0 spiro atoms. The lowest BCUT2D eigenvalue weighted by Crippen LogP contribution is -2.19. The second kappa shape index (κ2) is 3.84. The summed E-state index contributed by atoms with van der Waals surface area (Å²) in [5, 5.41) is 0. The molecule has 2 aromatic carbocycles. The Labute approximate surface area is 108 Å². The van der Waals surface area contributed by atoms with Crippen LogP contribution in [0.3, 0.4) is 0 Å². The van der Waals surface area contributed by atoms with Gasteiger partial charge in [0.1, 0.15) is 0 Å². The normalized spacial score (nSPS) is 24.0. The smallest absolute Gasteiger partial charge is 0.0130 e. The minimum absolute atomic E-state index is 0.560. The van der Waals surface area contributed by atoms with Crippen LogP contribution in [0, 0.1) is 0 Å². The molecule has 0 radical (unpaired) electrons. The van der Waals surface area contributed by atoms with Crippen LogP contribution in [0.4, 0.5) is 0 Å². The van der Waals surface area contributed by atoms with Crippen molar-refractivity contribution in [3.05, 3.63) is 82.9 Å². The first-order chi connectivity index (χ1) is 8.95. The maximum absolute atomic E-state index is 2.36. The molecule has 88 valence electrons. The van der Waals surface area contributed by atoms with Gasteiger partial charge in [0.25, 0.3) is 0 Å². The summed E-state index contributed by atoms with van der Waals surface area (Å²) in [5.41, 5.74) is 6.19. The van der Waals surface area contributed by atoms with Crippen LogP contribution in [0.5, 0.6) is 0 Å². The van der Waals surface area contributed by atoms with Gasteiger partial charge in [-0.25, -0.2) is 0 Å². The second-order valence-electron chi connectivity index (χ2n) is 5.31. The summed E-state index contributed by atoms with van der Waals surface area (Å²) >= 11 is 0. The molecule has 0 aliphatic heterocycles. The number of fused-ring (bicyclic) bond motifs is 2. The number of hydrogen-bond donors (Lipinski definition) is 0. The van der Waals surface area contributed by atoms with Crippen molar-refractivity contribution in [1.82, 2.24) is 0 Å². The van der Waals surface area contributed by atoms with E-state index >= 15 is 0 Å². The van der Waals surface area contributed by atoms with E-state index in [4.69, 9.17) is 0 Å². The van der Waals surface area contributed by atoms with E-state index in [1.165, 1.54) is 0 Å². The molecule has 0 saturated carbocycles. The van der Waals surface area contributed by atoms with Gasteiger partial charge >= 0.3 is 0 Å². The van der Waals surface area contributed by atoms with Gasteiger partial charge in [-0.3, -0.25) is 0 Å². The standard InChI is InChI=1S/C18H16/c1-2-8-14-13(7-1)17-11-5-6-12-18(14)16-10-4-3-9-15(16)17/h1-10,17-18H,11-12H2. The summed E-state index contributed by atoms with van der Waals surface area (Å²) < 4.78 is 0. The molecule has 3 aliphatic rings. The first-order valence-corrected chi connectivity index (χ1v) is 6.78. The molecular formula is C18H16. The molecule has 3 aliphatic carbocycles. The molecule has 0 heterocycles. The first-order valence-electron chi connectivity index (χ1n) is 6.78. The highest BCUT2D eigenvalue weighted by Gasteiger charge is 2.31. The average molecular weight is 232 g/mol. The van der Waals surface area contributed by atoms with Crippen LogP contribution in [0.2, 0.25) is 0 Å². The number of rotatable bonds is 0. The minimum Gasteiger partial charge on any atom is -0.0876 e. The molecular weight excluding hydrogens is 216 g/mol. The van der Waals surface area contributed by atoms with E-state index < -0.39 is 0 Å². The fourth-order valence-corrected chi connectivity index (χ4v) is 3.60. The molecule has 0 amide bonds. The predicted molar refractivity (Wildman–Crippen MR) is 74.9 cm³/mol. The van der Waals surface area contributed by atoms with Crippen LogP contribution in [0.15, 0.2) is 60.7 Å². The Morgan fingerprint density at radius 1 is 0.556 bits per heavy atom. The van der Waals surface area contributed by atoms with E-state index in [0.717, 1.165) is 12.8 Å². The summed E-state index contributed by atoms with van der Waals surface area (Å²) in [6.45, 7) is 0. The van der Waals surface area contributed by atoms with E-state index in [2.05, 4.69) is 60.7 Å². The highest BCUT2D eigenvalue weighted by atomic mass is 14.3. The third kappa shape index (κ3) is 1.32. The van der Waals surface area contributed by atoms with E-state index in [-0.39, 0.29) is 0 Å². The van der Waals surface area contributed by atoms with Gasteiger partial charge in [-0.1, -0.05) is 60.7 Å². The molecule has 0 N–H and O–H groups in total. The minimum atomic E-state index is 0.560. The van der Waals surface area contributed by atoms with Crippen LogP contribution >= 0.6 is 0 Å². The highest BCUT2D eigenvalue weighted by molar-refractivity contribution is 5.53. The Bertz CT molecular complexity index is 520. The van der Waals surface area contributed by atoms with Gasteiger partial charge in [0.15, 0.2) is 0 Å². The summed E-state index contributed by atoms with van der Waals surface area (Å²) in [5.74, 6) is 1.12. The molecule has 0 heteroatoms. The van der Waals surface area contributed by atoms with Crippen LogP contribution in [0.1, 0.15) is 46.9 Å². The third-order valence-corrected chi connectivity index (χ3v) is 4.40. The van der Waals surface area contributed by atoms with E-state index in [1.54, 1.807) is 22.3 Å². The highest BCUT2D eigenvalue weighted by Crippen LogP contribution is 2.47. The quantitative estimate of drug-likeness (QED) is 0.582. The van der Waals surface area contributed by atoms with Crippen molar-refractivity contribution in [3.8, 4) is 0 Å². The third-order valence-electron chi connectivity index (χ3n) is 4.40. The van der Waals surface area contributed by atoms with Gasteiger partial charge in [0.05, 0.1) is 0 Å². The largest absolute Gasteiger partial charge is 0.0876 e. The van der Waals surface area contributed by atoms with Crippen LogP contribution < -0.4 is 0 Å². The van der Waals surface area contributed by atoms with Crippen molar-refractivity contribution < 1.29 is 0 Å². The van der Waals surface area contributed by atoms with Crippen molar-refractivity contribution in [2.75, 3.05) is 0 Å². The van der Waals surface area contributed by atoms with Crippen LogP contribution in [-0.2, 0) is 0 Å². The van der Waals surface area contributed by atoms with Crippen LogP contribution in [0.25, 0.3) is 0 Å². The summed E-state index contributed by atoms with van der Waals surface area (Å²) in [4.78, 5) is 0. The second-order valence-corrected chi connectivity index (χ2v) is 5.31. The molecule has 5 rings (SSSR count). The van der Waals surface area contributed by atoms with Gasteiger partial charge < -0.3 is 0 Å². The topological polar surface area (TPSA) is 0 Å². The monoisotopic (exact) mass is 232 g/mol. The Hall–Kier alpha value is -1.82. The molecule has 18 heavy (non-hydrogen) atoms. The van der Waals surface area contributed by atoms with Gasteiger partial charge in [0.2, 0.25) is 0 Å². The number of allylic oxidation sites excluding steroid dienone is 2. The van der Waals surface area contributed by atoms with Crippen molar-refractivity contribution in [2.24, 2.45) is 0 Å². The Kier molecular flexibility index (Phi) is 2.16. The first kappa shape index (κ1) is 10.1. The zero-order valence-corrected chi connectivity index (χ0v) is 10.3. The molecule has 0 saturated heterocycles. The lowest BCUT2D eigenvalue weighted by atomic mass is 9.69. The van der Waals surface area contributed by atoms with E-state index in [0.29, 0.717) is 11.8 Å². The van der Waals surface area contributed by atoms with Gasteiger partial charge in [0, 0.05) is 11.8 Å². The molecule has 0 nitrogen and oxygen atoms in total. The van der Waals surface area contributed by atoms with E-state index in [1.807, 2.05) is 0 Å². The molecule has 0 unspecified atom stereocenters. The van der Waals surface area contributed by atoms with Crippen molar-refractivity contribution in [1.29, 1.82) is 0 Å². The maximum Gasteiger partial charge on any atom is 0.0130 e. The number of hydrogen-bond acceptors (Lipinski definition) is 0. The predicted octanol–water partition coefficient (Wildman–Crippen LogP) is 4.61. The van der Waals surface area contributed by atoms with Crippen molar-refractivity contribution in [2.45, 2.75) is 24.7 Å². The molecule has 0 aromatic heterocycles. The van der Waals surface area contributed by atoms with Gasteiger partial charge in [-0.15, -0.1) is 0 Å². The average Bonchev–Trinajstić information content (AvgIpc) is 2.39.